The molecule has 2 rings (SSSR count). The van der Waals surface area contributed by atoms with Crippen LogP contribution in [0.5, 0.6) is 11.6 Å². The molecule has 0 aliphatic carbocycles. The third-order valence-electron chi connectivity index (χ3n) is 2.69. The second-order valence-electron chi connectivity index (χ2n) is 5.63. The van der Waals surface area contributed by atoms with Crippen molar-refractivity contribution in [2.45, 2.75) is 32.9 Å². The van der Waals surface area contributed by atoms with Gasteiger partial charge in [0.15, 0.2) is 0 Å². The van der Waals surface area contributed by atoms with Gasteiger partial charge in [0.2, 0.25) is 5.88 Å². The maximum Gasteiger partial charge on any atom is 0.223 e. The lowest BCUT2D eigenvalue weighted by molar-refractivity contribution is 0.409. The van der Waals surface area contributed by atoms with Gasteiger partial charge in [-0.05, 0) is 51.1 Å². The van der Waals surface area contributed by atoms with Crippen molar-refractivity contribution in [2.75, 3.05) is 0 Å². The van der Waals surface area contributed by atoms with Crippen LogP contribution in [-0.2, 0) is 6.54 Å². The SMILES string of the molecule is CC(C)(C)NCc1cccnc1Oc1ccc(Cl)cc1. The molecule has 0 spiro atoms. The van der Waals surface area contributed by atoms with Crippen LogP contribution in [0.25, 0.3) is 0 Å². The van der Waals surface area contributed by atoms with Crippen LogP contribution < -0.4 is 10.1 Å². The molecule has 2 aromatic rings. The molecule has 0 radical (unpaired) electrons. The minimum atomic E-state index is 0.0490. The van der Waals surface area contributed by atoms with Crippen LogP contribution in [0.1, 0.15) is 26.3 Å². The number of hydrogen-bond acceptors (Lipinski definition) is 3. The Morgan fingerprint density at radius 3 is 2.50 bits per heavy atom. The van der Waals surface area contributed by atoms with Gasteiger partial charge >= 0.3 is 0 Å². The molecular weight excluding hydrogens is 272 g/mol. The van der Waals surface area contributed by atoms with Crippen molar-refractivity contribution in [3.8, 4) is 11.6 Å². The van der Waals surface area contributed by atoms with Crippen LogP contribution in [0.2, 0.25) is 5.02 Å². The number of ether oxygens (including phenoxy) is 1. The van der Waals surface area contributed by atoms with Gasteiger partial charge < -0.3 is 10.1 Å². The van der Waals surface area contributed by atoms with Crippen LogP contribution in [0.4, 0.5) is 0 Å². The summed E-state index contributed by atoms with van der Waals surface area (Å²) < 4.78 is 5.82. The van der Waals surface area contributed by atoms with Crippen LogP contribution in [0.3, 0.4) is 0 Å². The lowest BCUT2D eigenvalue weighted by Crippen LogP contribution is -2.35. The summed E-state index contributed by atoms with van der Waals surface area (Å²) in [6.07, 6.45) is 1.73. The first kappa shape index (κ1) is 14.8. The summed E-state index contributed by atoms with van der Waals surface area (Å²) in [5, 5.41) is 4.12. The molecule has 1 aromatic heterocycles. The molecule has 0 bridgehead atoms. The molecule has 0 unspecified atom stereocenters. The number of benzene rings is 1. The summed E-state index contributed by atoms with van der Waals surface area (Å²) in [5.74, 6) is 1.34. The van der Waals surface area contributed by atoms with E-state index in [0.717, 1.165) is 11.3 Å². The van der Waals surface area contributed by atoms with E-state index < -0.39 is 0 Å². The summed E-state index contributed by atoms with van der Waals surface area (Å²) in [6, 6.07) is 11.2. The number of rotatable bonds is 4. The zero-order valence-corrected chi connectivity index (χ0v) is 12.7. The first-order chi connectivity index (χ1) is 9.44. The van der Waals surface area contributed by atoms with Crippen molar-refractivity contribution in [3.05, 3.63) is 53.2 Å². The zero-order chi connectivity index (χ0) is 14.6. The Morgan fingerprint density at radius 2 is 1.85 bits per heavy atom. The summed E-state index contributed by atoms with van der Waals surface area (Å²) >= 11 is 5.86. The predicted octanol–water partition coefficient (Wildman–Crippen LogP) is 4.42. The Morgan fingerprint density at radius 1 is 1.15 bits per heavy atom. The summed E-state index contributed by atoms with van der Waals surface area (Å²) in [5.41, 5.74) is 1.07. The van der Waals surface area contributed by atoms with E-state index in [2.05, 4.69) is 31.1 Å². The molecule has 4 heteroatoms. The summed E-state index contributed by atoms with van der Waals surface area (Å²) in [7, 11) is 0. The largest absolute Gasteiger partial charge is 0.439 e. The Balaban J connectivity index is 2.13. The molecule has 106 valence electrons. The fourth-order valence-corrected chi connectivity index (χ4v) is 1.75. The highest BCUT2D eigenvalue weighted by Gasteiger charge is 2.12. The predicted molar refractivity (Wildman–Crippen MR) is 82.4 cm³/mol. The van der Waals surface area contributed by atoms with Gasteiger partial charge in [-0.25, -0.2) is 4.98 Å². The Bertz CT molecular complexity index is 561. The summed E-state index contributed by atoms with van der Waals surface area (Å²) in [4.78, 5) is 4.30. The van der Waals surface area contributed by atoms with Gasteiger partial charge in [0.05, 0.1) is 0 Å². The van der Waals surface area contributed by atoms with Gasteiger partial charge in [-0.1, -0.05) is 17.7 Å². The molecule has 0 saturated carbocycles. The lowest BCUT2D eigenvalue weighted by Gasteiger charge is -2.21. The molecule has 3 nitrogen and oxygen atoms in total. The molecule has 0 fully saturated rings. The van der Waals surface area contributed by atoms with Crippen LogP contribution in [-0.4, -0.2) is 10.5 Å². The first-order valence-electron chi connectivity index (χ1n) is 6.56. The van der Waals surface area contributed by atoms with Gasteiger partial charge in [0.25, 0.3) is 0 Å². The standard InChI is InChI=1S/C16H19ClN2O/c1-16(2,3)19-11-12-5-4-10-18-15(12)20-14-8-6-13(17)7-9-14/h4-10,19H,11H2,1-3H3. The molecule has 0 atom stereocenters. The molecule has 0 amide bonds. The lowest BCUT2D eigenvalue weighted by atomic mass is 10.1. The minimum absolute atomic E-state index is 0.0490. The van der Waals surface area contributed by atoms with E-state index in [-0.39, 0.29) is 5.54 Å². The molecule has 1 heterocycles. The van der Waals surface area contributed by atoms with E-state index >= 15 is 0 Å². The number of nitrogens with one attached hydrogen (secondary N) is 1. The normalized spacial score (nSPS) is 11.4. The highest BCUT2D eigenvalue weighted by Crippen LogP contribution is 2.24. The smallest absolute Gasteiger partial charge is 0.223 e. The van der Waals surface area contributed by atoms with Crippen molar-refractivity contribution in [2.24, 2.45) is 0 Å². The third kappa shape index (κ3) is 4.51. The Kier molecular flexibility index (Phi) is 4.63. The number of pyridine rings is 1. The monoisotopic (exact) mass is 290 g/mol. The quantitative estimate of drug-likeness (QED) is 0.905. The zero-order valence-electron chi connectivity index (χ0n) is 12.0. The summed E-state index contributed by atoms with van der Waals surface area (Å²) in [6.45, 7) is 7.09. The van der Waals surface area contributed by atoms with E-state index in [4.69, 9.17) is 16.3 Å². The fraction of sp³-hybridized carbons (Fsp3) is 0.312. The van der Waals surface area contributed by atoms with E-state index in [9.17, 15) is 0 Å². The minimum Gasteiger partial charge on any atom is -0.439 e. The van der Waals surface area contributed by atoms with Crippen molar-refractivity contribution in [1.29, 1.82) is 0 Å². The van der Waals surface area contributed by atoms with E-state index in [0.29, 0.717) is 17.4 Å². The van der Waals surface area contributed by atoms with E-state index in [1.165, 1.54) is 0 Å². The van der Waals surface area contributed by atoms with Gasteiger partial charge in [-0.2, -0.15) is 0 Å². The van der Waals surface area contributed by atoms with Gasteiger partial charge in [0, 0.05) is 28.9 Å². The van der Waals surface area contributed by atoms with Crippen LogP contribution >= 0.6 is 11.6 Å². The molecule has 20 heavy (non-hydrogen) atoms. The number of nitrogens with zero attached hydrogens (tertiary/aromatic N) is 1. The average molecular weight is 291 g/mol. The third-order valence-corrected chi connectivity index (χ3v) is 2.94. The number of aromatic nitrogens is 1. The Labute approximate surface area is 124 Å². The van der Waals surface area contributed by atoms with Crippen molar-refractivity contribution < 1.29 is 4.74 Å². The van der Waals surface area contributed by atoms with Crippen LogP contribution in [0.15, 0.2) is 42.6 Å². The highest BCUT2D eigenvalue weighted by molar-refractivity contribution is 6.30. The van der Waals surface area contributed by atoms with E-state index in [1.807, 2.05) is 24.3 Å². The van der Waals surface area contributed by atoms with Gasteiger partial charge in [0.1, 0.15) is 5.75 Å². The van der Waals surface area contributed by atoms with Gasteiger partial charge in [-0.15, -0.1) is 0 Å². The topological polar surface area (TPSA) is 34.2 Å². The van der Waals surface area contributed by atoms with Crippen molar-refractivity contribution >= 4 is 11.6 Å². The number of hydrogen-bond donors (Lipinski definition) is 1. The van der Waals surface area contributed by atoms with E-state index in [1.54, 1.807) is 18.3 Å². The maximum absolute atomic E-state index is 5.86. The highest BCUT2D eigenvalue weighted by atomic mass is 35.5. The molecule has 1 aromatic carbocycles. The molecular formula is C16H19ClN2O. The first-order valence-corrected chi connectivity index (χ1v) is 6.94. The van der Waals surface area contributed by atoms with Crippen molar-refractivity contribution in [1.82, 2.24) is 10.3 Å². The second kappa shape index (κ2) is 6.25. The molecule has 0 saturated heterocycles. The van der Waals surface area contributed by atoms with Gasteiger partial charge in [-0.3, -0.25) is 0 Å². The molecule has 1 N–H and O–H groups in total. The molecule has 0 aliphatic heterocycles. The Hall–Kier alpha value is -1.58. The second-order valence-corrected chi connectivity index (χ2v) is 6.06. The number of halogens is 1. The molecule has 0 aliphatic rings. The average Bonchev–Trinajstić information content (AvgIpc) is 2.39. The fourth-order valence-electron chi connectivity index (χ4n) is 1.63. The van der Waals surface area contributed by atoms with Crippen molar-refractivity contribution in [3.63, 3.8) is 0 Å². The maximum atomic E-state index is 5.86. The van der Waals surface area contributed by atoms with Crippen LogP contribution in [0, 0.1) is 0 Å².